The Morgan fingerprint density at radius 3 is 2.75 bits per heavy atom. The molecule has 12 heavy (non-hydrogen) atoms. The SMILES string of the molecule is Cl.O=C1COCCN1C1CNC1. The number of hydrogen-bond donors (Lipinski definition) is 1. The van der Waals surface area contributed by atoms with E-state index in [2.05, 4.69) is 5.32 Å². The molecule has 1 N–H and O–H groups in total. The van der Waals surface area contributed by atoms with Gasteiger partial charge in [0.1, 0.15) is 6.61 Å². The first-order valence-electron chi connectivity index (χ1n) is 3.96. The fourth-order valence-electron chi connectivity index (χ4n) is 1.41. The van der Waals surface area contributed by atoms with Crippen LogP contribution < -0.4 is 5.32 Å². The van der Waals surface area contributed by atoms with Gasteiger partial charge in [-0.2, -0.15) is 0 Å². The van der Waals surface area contributed by atoms with Gasteiger partial charge in [0.05, 0.1) is 12.6 Å². The van der Waals surface area contributed by atoms with Gasteiger partial charge in [0.2, 0.25) is 5.91 Å². The molecule has 0 aromatic heterocycles. The fraction of sp³-hybridized carbons (Fsp3) is 0.857. The summed E-state index contributed by atoms with van der Waals surface area (Å²) >= 11 is 0. The summed E-state index contributed by atoms with van der Waals surface area (Å²) in [5, 5.41) is 3.14. The van der Waals surface area contributed by atoms with Crippen molar-refractivity contribution in [1.29, 1.82) is 0 Å². The number of halogens is 1. The molecule has 2 heterocycles. The minimum atomic E-state index is 0. The number of carbonyl (C=O) groups is 1. The van der Waals surface area contributed by atoms with Crippen molar-refractivity contribution in [3.8, 4) is 0 Å². The van der Waals surface area contributed by atoms with Crippen molar-refractivity contribution in [2.45, 2.75) is 6.04 Å². The van der Waals surface area contributed by atoms with Crippen LogP contribution in [0.5, 0.6) is 0 Å². The van der Waals surface area contributed by atoms with Crippen LogP contribution in [0, 0.1) is 0 Å². The lowest BCUT2D eigenvalue weighted by molar-refractivity contribution is -0.146. The maximum atomic E-state index is 11.2. The number of morpholine rings is 1. The lowest BCUT2D eigenvalue weighted by Crippen LogP contribution is -2.61. The van der Waals surface area contributed by atoms with E-state index in [0.29, 0.717) is 12.6 Å². The summed E-state index contributed by atoms with van der Waals surface area (Å²) in [5.74, 6) is 0.141. The third-order valence-corrected chi connectivity index (χ3v) is 2.22. The smallest absolute Gasteiger partial charge is 0.248 e. The van der Waals surface area contributed by atoms with Crippen LogP contribution in [0.2, 0.25) is 0 Å². The number of ether oxygens (including phenoxy) is 1. The van der Waals surface area contributed by atoms with E-state index in [4.69, 9.17) is 4.74 Å². The van der Waals surface area contributed by atoms with E-state index in [1.807, 2.05) is 4.90 Å². The molecule has 0 aromatic rings. The van der Waals surface area contributed by atoms with Gasteiger partial charge in [-0.3, -0.25) is 4.79 Å². The average Bonchev–Trinajstić information content (AvgIpc) is 1.90. The number of rotatable bonds is 1. The highest BCUT2D eigenvalue weighted by atomic mass is 35.5. The summed E-state index contributed by atoms with van der Waals surface area (Å²) < 4.78 is 5.02. The van der Waals surface area contributed by atoms with Crippen LogP contribution in [0.25, 0.3) is 0 Å². The van der Waals surface area contributed by atoms with E-state index < -0.39 is 0 Å². The average molecular weight is 193 g/mol. The van der Waals surface area contributed by atoms with Crippen molar-refractivity contribution in [2.24, 2.45) is 0 Å². The highest BCUT2D eigenvalue weighted by Crippen LogP contribution is 2.08. The summed E-state index contributed by atoms with van der Waals surface area (Å²) in [6, 6.07) is 0.436. The van der Waals surface area contributed by atoms with E-state index in [1.54, 1.807) is 0 Å². The molecule has 0 bridgehead atoms. The number of nitrogens with one attached hydrogen (secondary N) is 1. The summed E-state index contributed by atoms with van der Waals surface area (Å²) in [6.45, 7) is 3.64. The Bertz CT molecular complexity index is 173. The predicted octanol–water partition coefficient (Wildman–Crippen LogP) is -0.761. The van der Waals surface area contributed by atoms with Crippen molar-refractivity contribution < 1.29 is 9.53 Å². The second kappa shape index (κ2) is 4.07. The van der Waals surface area contributed by atoms with E-state index in [0.717, 1.165) is 19.6 Å². The second-order valence-electron chi connectivity index (χ2n) is 2.95. The van der Waals surface area contributed by atoms with Gasteiger partial charge in [0.25, 0.3) is 0 Å². The molecule has 0 aromatic carbocycles. The molecule has 2 fully saturated rings. The van der Waals surface area contributed by atoms with Crippen LogP contribution >= 0.6 is 12.4 Å². The Labute approximate surface area is 77.7 Å². The van der Waals surface area contributed by atoms with Gasteiger partial charge in [-0.05, 0) is 0 Å². The first-order chi connectivity index (χ1) is 5.38. The van der Waals surface area contributed by atoms with Gasteiger partial charge < -0.3 is 15.0 Å². The summed E-state index contributed by atoms with van der Waals surface area (Å²) in [4.78, 5) is 13.1. The van der Waals surface area contributed by atoms with Crippen LogP contribution in [0.1, 0.15) is 0 Å². The Morgan fingerprint density at radius 1 is 1.50 bits per heavy atom. The Balaban J connectivity index is 0.000000720. The van der Waals surface area contributed by atoms with E-state index in [-0.39, 0.29) is 24.9 Å². The molecular weight excluding hydrogens is 180 g/mol. The molecule has 5 heteroatoms. The van der Waals surface area contributed by atoms with Gasteiger partial charge >= 0.3 is 0 Å². The zero-order valence-corrected chi connectivity index (χ0v) is 7.60. The largest absolute Gasteiger partial charge is 0.370 e. The monoisotopic (exact) mass is 192 g/mol. The maximum absolute atomic E-state index is 11.2. The van der Waals surface area contributed by atoms with Crippen molar-refractivity contribution in [3.05, 3.63) is 0 Å². The lowest BCUT2D eigenvalue weighted by Gasteiger charge is -2.40. The third-order valence-electron chi connectivity index (χ3n) is 2.22. The molecule has 0 aliphatic carbocycles. The van der Waals surface area contributed by atoms with Crippen molar-refractivity contribution >= 4 is 18.3 Å². The number of hydrogen-bond acceptors (Lipinski definition) is 3. The topological polar surface area (TPSA) is 41.6 Å². The van der Waals surface area contributed by atoms with E-state index in [9.17, 15) is 4.79 Å². The van der Waals surface area contributed by atoms with Gasteiger partial charge in [-0.15, -0.1) is 12.4 Å². The molecular formula is C7H13ClN2O2. The molecule has 0 radical (unpaired) electrons. The lowest BCUT2D eigenvalue weighted by atomic mass is 10.1. The summed E-state index contributed by atoms with van der Waals surface area (Å²) in [5.41, 5.74) is 0. The number of nitrogens with zero attached hydrogens (tertiary/aromatic N) is 1. The minimum absolute atomic E-state index is 0. The molecule has 0 atom stereocenters. The quantitative estimate of drug-likeness (QED) is 0.594. The Hall–Kier alpha value is -0.320. The van der Waals surface area contributed by atoms with Gasteiger partial charge in [0, 0.05) is 19.6 Å². The highest BCUT2D eigenvalue weighted by Gasteiger charge is 2.30. The first kappa shape index (κ1) is 9.77. The minimum Gasteiger partial charge on any atom is -0.370 e. The normalized spacial score (nSPS) is 24.7. The standard InChI is InChI=1S/C7H12N2O2.ClH/c10-7-5-11-2-1-9(7)6-3-8-4-6;/h6,8H,1-5H2;1H. The molecule has 2 aliphatic heterocycles. The van der Waals surface area contributed by atoms with Gasteiger partial charge in [-0.25, -0.2) is 0 Å². The molecule has 2 saturated heterocycles. The molecule has 4 nitrogen and oxygen atoms in total. The molecule has 2 rings (SSSR count). The summed E-state index contributed by atoms with van der Waals surface area (Å²) in [7, 11) is 0. The third kappa shape index (κ3) is 1.71. The highest BCUT2D eigenvalue weighted by molar-refractivity contribution is 5.85. The molecule has 2 aliphatic rings. The first-order valence-corrected chi connectivity index (χ1v) is 3.96. The zero-order chi connectivity index (χ0) is 7.68. The van der Waals surface area contributed by atoms with Crippen molar-refractivity contribution in [3.63, 3.8) is 0 Å². The van der Waals surface area contributed by atoms with Crippen molar-refractivity contribution in [1.82, 2.24) is 10.2 Å². The molecule has 0 unspecified atom stereocenters. The Morgan fingerprint density at radius 2 is 2.25 bits per heavy atom. The predicted molar refractivity (Wildman–Crippen MR) is 46.4 cm³/mol. The zero-order valence-electron chi connectivity index (χ0n) is 6.78. The second-order valence-corrected chi connectivity index (χ2v) is 2.95. The van der Waals surface area contributed by atoms with Crippen LogP contribution in [0.3, 0.4) is 0 Å². The van der Waals surface area contributed by atoms with E-state index in [1.165, 1.54) is 0 Å². The molecule has 0 spiro atoms. The van der Waals surface area contributed by atoms with Gasteiger partial charge in [-0.1, -0.05) is 0 Å². The molecule has 1 amide bonds. The van der Waals surface area contributed by atoms with Crippen molar-refractivity contribution in [2.75, 3.05) is 32.8 Å². The number of carbonyl (C=O) groups excluding carboxylic acids is 1. The maximum Gasteiger partial charge on any atom is 0.248 e. The van der Waals surface area contributed by atoms with E-state index >= 15 is 0 Å². The van der Waals surface area contributed by atoms with Crippen LogP contribution in [-0.2, 0) is 9.53 Å². The molecule has 0 saturated carbocycles. The molecule has 70 valence electrons. The number of amides is 1. The Kier molecular flexibility index (Phi) is 3.31. The van der Waals surface area contributed by atoms with Gasteiger partial charge in [0.15, 0.2) is 0 Å². The fourth-order valence-corrected chi connectivity index (χ4v) is 1.41. The summed E-state index contributed by atoms with van der Waals surface area (Å²) in [6.07, 6.45) is 0. The van der Waals surface area contributed by atoms with Crippen LogP contribution in [0.15, 0.2) is 0 Å². The van der Waals surface area contributed by atoms with Crippen LogP contribution in [-0.4, -0.2) is 49.7 Å². The van der Waals surface area contributed by atoms with Crippen LogP contribution in [0.4, 0.5) is 0 Å².